The van der Waals surface area contributed by atoms with Crippen molar-refractivity contribution in [3.8, 4) is 16.9 Å². The van der Waals surface area contributed by atoms with E-state index < -0.39 is 34.3 Å². The van der Waals surface area contributed by atoms with Crippen molar-refractivity contribution in [1.29, 1.82) is 0 Å². The Balaban J connectivity index is 1.29. The molecule has 1 aliphatic heterocycles. The van der Waals surface area contributed by atoms with E-state index in [1.165, 1.54) is 18.3 Å². The highest BCUT2D eigenvalue weighted by Gasteiger charge is 2.31. The number of aromatic hydroxyl groups is 1. The number of nitrogens with zero attached hydrogens (tertiary/aromatic N) is 5. The second-order valence-electron chi connectivity index (χ2n) is 9.24. The Morgan fingerprint density at radius 2 is 1.79 bits per heavy atom. The molecule has 1 aliphatic rings. The minimum atomic E-state index is -4.65. The van der Waals surface area contributed by atoms with Gasteiger partial charge in [0, 0.05) is 44.5 Å². The van der Waals surface area contributed by atoms with E-state index in [1.807, 2.05) is 17.9 Å². The van der Waals surface area contributed by atoms with E-state index in [9.17, 15) is 31.5 Å². The van der Waals surface area contributed by atoms with Gasteiger partial charge < -0.3 is 10.0 Å². The lowest BCUT2D eigenvalue weighted by atomic mass is 9.99. The summed E-state index contributed by atoms with van der Waals surface area (Å²) in [6.07, 6.45) is -3.11. The van der Waals surface area contributed by atoms with Gasteiger partial charge in [-0.3, -0.25) is 14.7 Å². The third kappa shape index (κ3) is 7.86. The molecule has 208 valence electrons. The van der Waals surface area contributed by atoms with Crippen LogP contribution in [0.5, 0.6) is 5.75 Å². The molecule has 39 heavy (non-hydrogen) atoms. The number of carbonyl (C=O) groups is 1. The molecule has 4 rings (SSSR count). The summed E-state index contributed by atoms with van der Waals surface area (Å²) in [5, 5.41) is 17.5. The fourth-order valence-corrected chi connectivity index (χ4v) is 5.22. The summed E-state index contributed by atoms with van der Waals surface area (Å²) in [6, 6.07) is 10.7. The van der Waals surface area contributed by atoms with Gasteiger partial charge in [0.1, 0.15) is 5.75 Å². The largest absolute Gasteiger partial charge is 0.506 e. The van der Waals surface area contributed by atoms with Gasteiger partial charge in [0.25, 0.3) is 5.91 Å². The van der Waals surface area contributed by atoms with Crippen molar-refractivity contribution in [3.05, 3.63) is 65.6 Å². The first-order valence-electron chi connectivity index (χ1n) is 12.0. The molecule has 1 amide bonds. The third-order valence-electron chi connectivity index (χ3n) is 6.21. The lowest BCUT2D eigenvalue weighted by molar-refractivity contribution is -0.130. The van der Waals surface area contributed by atoms with Gasteiger partial charge in [-0.15, -0.1) is 10.2 Å². The first-order chi connectivity index (χ1) is 18.4. The Bertz CT molecular complexity index is 1430. The molecule has 1 aromatic carbocycles. The number of aryl methyl sites for hydroxylation is 1. The molecule has 0 bridgehead atoms. The van der Waals surface area contributed by atoms with Gasteiger partial charge in [0.15, 0.2) is 11.5 Å². The zero-order valence-electron chi connectivity index (χ0n) is 21.0. The number of amides is 1. The molecule has 1 fully saturated rings. The number of hydrogen-bond acceptors (Lipinski definition) is 9. The Morgan fingerprint density at radius 1 is 1.05 bits per heavy atom. The maximum Gasteiger partial charge on any atom is 0.390 e. The van der Waals surface area contributed by atoms with E-state index in [-0.39, 0.29) is 11.4 Å². The molecule has 3 aromatic rings. The average Bonchev–Trinajstić information content (AvgIpc) is 2.88. The fourth-order valence-electron chi connectivity index (χ4n) is 4.23. The fraction of sp³-hybridized carbons (Fsp3) is 0.360. The van der Waals surface area contributed by atoms with Crippen LogP contribution in [0.15, 0.2) is 48.8 Å². The molecule has 10 nitrogen and oxygen atoms in total. The molecule has 2 N–H and O–H groups in total. The number of aromatic nitrogens is 3. The second-order valence-corrected chi connectivity index (χ2v) is 11.1. The van der Waals surface area contributed by atoms with Crippen LogP contribution in [0.1, 0.15) is 28.0 Å². The molecular weight excluding hydrogens is 537 g/mol. The van der Waals surface area contributed by atoms with Crippen molar-refractivity contribution in [1.82, 2.24) is 24.8 Å². The van der Waals surface area contributed by atoms with Crippen LogP contribution in [0.4, 0.5) is 19.0 Å². The highest BCUT2D eigenvalue weighted by Crippen LogP contribution is 2.27. The Morgan fingerprint density at radius 3 is 2.41 bits per heavy atom. The van der Waals surface area contributed by atoms with Crippen LogP contribution in [-0.2, 0) is 16.6 Å². The van der Waals surface area contributed by atoms with E-state index in [0.29, 0.717) is 18.9 Å². The molecule has 0 spiro atoms. The van der Waals surface area contributed by atoms with Crippen molar-refractivity contribution in [3.63, 3.8) is 0 Å². The van der Waals surface area contributed by atoms with Crippen LogP contribution in [0.2, 0.25) is 0 Å². The molecule has 3 heterocycles. The molecule has 0 saturated carbocycles. The van der Waals surface area contributed by atoms with Gasteiger partial charge >= 0.3 is 6.18 Å². The summed E-state index contributed by atoms with van der Waals surface area (Å²) in [5.74, 6) is -1.77. The van der Waals surface area contributed by atoms with E-state index in [2.05, 4.69) is 32.2 Å². The number of nitrogens with one attached hydrogen (secondary N) is 1. The first kappa shape index (κ1) is 28.2. The number of pyridine rings is 1. The van der Waals surface area contributed by atoms with Crippen LogP contribution in [0.25, 0.3) is 11.1 Å². The maximum absolute atomic E-state index is 12.3. The van der Waals surface area contributed by atoms with Gasteiger partial charge in [-0.05, 0) is 41.8 Å². The summed E-state index contributed by atoms with van der Waals surface area (Å²) < 4.78 is 61.9. The highest BCUT2D eigenvalue weighted by atomic mass is 32.2. The number of piperazine rings is 1. The summed E-state index contributed by atoms with van der Waals surface area (Å²) in [6.45, 7) is 5.57. The molecule has 0 unspecified atom stereocenters. The van der Waals surface area contributed by atoms with Crippen molar-refractivity contribution in [2.45, 2.75) is 26.1 Å². The number of sulfonamides is 1. The van der Waals surface area contributed by atoms with Gasteiger partial charge in [0.2, 0.25) is 10.0 Å². The van der Waals surface area contributed by atoms with Crippen LogP contribution >= 0.6 is 0 Å². The maximum atomic E-state index is 12.3. The number of rotatable bonds is 8. The Hall–Kier alpha value is -3.78. The zero-order valence-corrected chi connectivity index (χ0v) is 21.8. The Labute approximate surface area is 223 Å². The lowest BCUT2D eigenvalue weighted by Crippen LogP contribution is -2.46. The minimum Gasteiger partial charge on any atom is -0.506 e. The average molecular weight is 565 g/mol. The van der Waals surface area contributed by atoms with Gasteiger partial charge in [-0.1, -0.05) is 18.2 Å². The van der Waals surface area contributed by atoms with E-state index in [4.69, 9.17) is 0 Å². The van der Waals surface area contributed by atoms with E-state index in [1.54, 1.807) is 17.0 Å². The number of halogens is 3. The summed E-state index contributed by atoms with van der Waals surface area (Å²) >= 11 is 0. The quantitative estimate of drug-likeness (QED) is 0.424. The number of hydrogen-bond donors (Lipinski definition) is 2. The van der Waals surface area contributed by atoms with Crippen LogP contribution in [0.3, 0.4) is 0 Å². The SMILES string of the molecule is Cc1cc(CN2CCN(c3ccc(C(=O)NS(=O)(=O)CCC(F)(F)F)nn3)CC2)ccc1-c1cncc(O)c1. The van der Waals surface area contributed by atoms with Crippen LogP contribution < -0.4 is 9.62 Å². The minimum absolute atomic E-state index is 0.115. The van der Waals surface area contributed by atoms with Crippen LogP contribution in [-0.4, -0.2) is 77.6 Å². The van der Waals surface area contributed by atoms with Crippen LogP contribution in [0, 0.1) is 6.92 Å². The number of anilines is 1. The monoisotopic (exact) mass is 564 g/mol. The van der Waals surface area contributed by atoms with E-state index >= 15 is 0 Å². The van der Waals surface area contributed by atoms with Crippen molar-refractivity contribution in [2.24, 2.45) is 0 Å². The molecular formula is C25H27F3N6O4S. The Kier molecular flexibility index (Phi) is 8.35. The molecule has 0 aliphatic carbocycles. The number of carbonyl (C=O) groups excluding carboxylic acids is 1. The zero-order chi connectivity index (χ0) is 28.2. The molecule has 14 heteroatoms. The molecule has 0 radical (unpaired) electrons. The topological polar surface area (TPSA) is 129 Å². The van der Waals surface area contributed by atoms with Crippen molar-refractivity contribution in [2.75, 3.05) is 36.8 Å². The normalized spacial score (nSPS) is 14.8. The predicted molar refractivity (Wildman–Crippen MR) is 138 cm³/mol. The lowest BCUT2D eigenvalue weighted by Gasteiger charge is -2.35. The second kappa shape index (κ2) is 11.5. The van der Waals surface area contributed by atoms with Crippen molar-refractivity contribution < 1.29 is 31.5 Å². The summed E-state index contributed by atoms with van der Waals surface area (Å²) in [7, 11) is -4.46. The molecule has 0 atom stereocenters. The smallest absolute Gasteiger partial charge is 0.390 e. The number of benzene rings is 1. The standard InChI is InChI=1S/C25H27F3N6O4S/c1-17-12-18(2-3-21(17)19-13-20(35)15-29-14-19)16-33-7-9-34(10-8-33)23-5-4-22(30-31-23)24(36)32-39(37,38)11-6-25(26,27)28/h2-5,12-15,35H,6-11,16H2,1H3,(H,32,36). The summed E-state index contributed by atoms with van der Waals surface area (Å²) in [4.78, 5) is 20.4. The van der Waals surface area contributed by atoms with Gasteiger partial charge in [-0.25, -0.2) is 13.1 Å². The molecule has 1 saturated heterocycles. The molecule has 2 aromatic heterocycles. The van der Waals surface area contributed by atoms with Gasteiger partial charge in [0.05, 0.1) is 18.4 Å². The third-order valence-corrected chi connectivity index (χ3v) is 7.45. The first-order valence-corrected chi connectivity index (χ1v) is 13.7. The highest BCUT2D eigenvalue weighted by molar-refractivity contribution is 7.90. The predicted octanol–water partition coefficient (Wildman–Crippen LogP) is 2.89. The van der Waals surface area contributed by atoms with Crippen molar-refractivity contribution >= 4 is 21.7 Å². The van der Waals surface area contributed by atoms with Gasteiger partial charge in [-0.2, -0.15) is 13.2 Å². The van der Waals surface area contributed by atoms with E-state index in [0.717, 1.165) is 41.9 Å². The summed E-state index contributed by atoms with van der Waals surface area (Å²) in [5.41, 5.74) is 3.76. The number of alkyl halides is 3.